The summed E-state index contributed by atoms with van der Waals surface area (Å²) >= 11 is 0. The molecular weight excluding hydrogens is 626 g/mol. The highest BCUT2D eigenvalue weighted by Gasteiger charge is 2.30. The molecule has 10 nitrogen and oxygen atoms in total. The SMILES string of the molecule is CC(=O)OCC1c2ccccc2-c2ccccc21.O=C(O)COCCOCCOCCNC(=O)OCC1c2ccccc2-c2ccccc21. The number of nitrogens with one attached hydrogen (secondary N) is 1. The predicted octanol–water partition coefficient (Wildman–Crippen LogP) is 6.02. The molecule has 2 aliphatic carbocycles. The number of benzene rings is 4. The standard InChI is InChI=1S/C23H27NO7.C16H14O2/c25-22(26)16-30-14-13-29-12-11-28-10-9-24-23(27)31-15-21-19-7-3-1-5-17(19)18-6-2-4-8-20(18)21;1-11(17)18-10-16-14-8-4-2-6-12(14)13-7-3-5-9-15(13)16/h1-8,21H,9-16H2,(H,24,27)(H,25,26);2-9,16H,10H2,1H3. The topological polar surface area (TPSA) is 130 Å². The molecule has 0 aliphatic heterocycles. The zero-order valence-corrected chi connectivity index (χ0v) is 27.5. The summed E-state index contributed by atoms with van der Waals surface area (Å²) < 4.78 is 26.1. The molecule has 4 aromatic rings. The lowest BCUT2D eigenvalue weighted by molar-refractivity contribution is -0.143. The molecule has 0 aromatic heterocycles. The molecule has 0 heterocycles. The Morgan fingerprint density at radius 3 is 1.39 bits per heavy atom. The monoisotopic (exact) mass is 667 g/mol. The van der Waals surface area contributed by atoms with Crippen molar-refractivity contribution in [3.63, 3.8) is 0 Å². The fourth-order valence-corrected chi connectivity index (χ4v) is 6.11. The number of rotatable bonds is 15. The van der Waals surface area contributed by atoms with E-state index in [4.69, 9.17) is 28.8 Å². The molecule has 0 atom stereocenters. The largest absolute Gasteiger partial charge is 0.480 e. The first-order valence-corrected chi connectivity index (χ1v) is 16.3. The fourth-order valence-electron chi connectivity index (χ4n) is 6.11. The second-order valence-corrected chi connectivity index (χ2v) is 11.5. The van der Waals surface area contributed by atoms with Gasteiger partial charge in [-0.1, -0.05) is 97.1 Å². The molecule has 0 fully saturated rings. The van der Waals surface area contributed by atoms with Crippen LogP contribution in [0.25, 0.3) is 22.3 Å². The van der Waals surface area contributed by atoms with E-state index in [-0.39, 0.29) is 37.6 Å². The van der Waals surface area contributed by atoms with Gasteiger partial charge in [0, 0.05) is 25.3 Å². The van der Waals surface area contributed by atoms with Gasteiger partial charge < -0.3 is 34.1 Å². The fraction of sp³-hybridized carbons (Fsp3) is 0.308. The molecule has 2 N–H and O–H groups in total. The van der Waals surface area contributed by atoms with E-state index >= 15 is 0 Å². The Hall–Kier alpha value is -5.03. The molecule has 49 heavy (non-hydrogen) atoms. The number of aliphatic carboxylic acids is 1. The maximum absolute atomic E-state index is 12.0. The van der Waals surface area contributed by atoms with Crippen molar-refractivity contribution < 1.29 is 43.2 Å². The van der Waals surface area contributed by atoms with Crippen LogP contribution in [0.5, 0.6) is 0 Å². The van der Waals surface area contributed by atoms with E-state index in [1.54, 1.807) is 0 Å². The van der Waals surface area contributed by atoms with E-state index < -0.39 is 12.1 Å². The Balaban J connectivity index is 0.000000219. The molecule has 2 aliphatic rings. The van der Waals surface area contributed by atoms with Crippen molar-refractivity contribution in [2.45, 2.75) is 18.8 Å². The molecule has 1 amide bonds. The highest BCUT2D eigenvalue weighted by atomic mass is 16.6. The van der Waals surface area contributed by atoms with Crippen LogP contribution < -0.4 is 5.32 Å². The summed E-state index contributed by atoms with van der Waals surface area (Å²) in [5, 5.41) is 11.1. The van der Waals surface area contributed by atoms with Gasteiger partial charge in [0.2, 0.25) is 0 Å². The minimum atomic E-state index is -1.01. The quantitative estimate of drug-likeness (QED) is 0.115. The Morgan fingerprint density at radius 2 is 0.959 bits per heavy atom. The van der Waals surface area contributed by atoms with Gasteiger partial charge in [-0.25, -0.2) is 9.59 Å². The molecule has 0 radical (unpaired) electrons. The number of hydrogen-bond acceptors (Lipinski definition) is 8. The maximum Gasteiger partial charge on any atom is 0.407 e. The number of ether oxygens (including phenoxy) is 5. The summed E-state index contributed by atoms with van der Waals surface area (Å²) in [6.45, 7) is 3.73. The molecule has 0 bridgehead atoms. The van der Waals surface area contributed by atoms with E-state index in [1.807, 2.05) is 48.5 Å². The number of fused-ring (bicyclic) bond motifs is 6. The van der Waals surface area contributed by atoms with Crippen LogP contribution in [-0.4, -0.2) is 82.5 Å². The Bertz CT molecular complexity index is 1630. The van der Waals surface area contributed by atoms with Crippen molar-refractivity contribution >= 4 is 18.0 Å². The first-order chi connectivity index (χ1) is 23.9. The van der Waals surface area contributed by atoms with Crippen molar-refractivity contribution in [3.8, 4) is 22.3 Å². The van der Waals surface area contributed by atoms with Crippen LogP contribution >= 0.6 is 0 Å². The summed E-state index contributed by atoms with van der Waals surface area (Å²) in [5.74, 6) is -1.03. The second-order valence-electron chi connectivity index (χ2n) is 11.5. The Labute approximate surface area is 285 Å². The van der Waals surface area contributed by atoms with Gasteiger partial charge in [0.1, 0.15) is 19.8 Å². The number of carboxylic acid groups (broad SMARTS) is 1. The lowest BCUT2D eigenvalue weighted by atomic mass is 9.98. The molecule has 6 rings (SSSR count). The van der Waals surface area contributed by atoms with E-state index in [9.17, 15) is 14.4 Å². The third-order valence-corrected chi connectivity index (χ3v) is 8.24. The number of amides is 1. The molecular formula is C39H41NO9. The Kier molecular flexibility index (Phi) is 12.9. The summed E-state index contributed by atoms with van der Waals surface area (Å²) in [4.78, 5) is 33.3. The molecule has 0 saturated heterocycles. The third-order valence-electron chi connectivity index (χ3n) is 8.24. The number of carbonyl (C=O) groups is 3. The summed E-state index contributed by atoms with van der Waals surface area (Å²) in [6.07, 6.45) is -0.475. The number of hydrogen-bond donors (Lipinski definition) is 2. The van der Waals surface area contributed by atoms with E-state index in [0.29, 0.717) is 39.6 Å². The third kappa shape index (κ3) is 9.54. The van der Waals surface area contributed by atoms with Crippen LogP contribution in [0.15, 0.2) is 97.1 Å². The average Bonchev–Trinajstić information content (AvgIpc) is 3.61. The first kappa shape index (κ1) is 35.3. The summed E-state index contributed by atoms with van der Waals surface area (Å²) in [6, 6.07) is 33.0. The van der Waals surface area contributed by atoms with Gasteiger partial charge in [-0.05, 0) is 44.5 Å². The lowest BCUT2D eigenvalue weighted by Gasteiger charge is -2.14. The van der Waals surface area contributed by atoms with Gasteiger partial charge in [-0.15, -0.1) is 0 Å². The highest BCUT2D eigenvalue weighted by molar-refractivity contribution is 5.80. The Morgan fingerprint density at radius 1 is 0.571 bits per heavy atom. The maximum atomic E-state index is 12.0. The molecule has 4 aromatic carbocycles. The van der Waals surface area contributed by atoms with Crippen molar-refractivity contribution in [3.05, 3.63) is 119 Å². The number of carbonyl (C=O) groups excluding carboxylic acids is 2. The van der Waals surface area contributed by atoms with Gasteiger partial charge in [0.25, 0.3) is 0 Å². The zero-order chi connectivity index (χ0) is 34.4. The van der Waals surface area contributed by atoms with Gasteiger partial charge in [0.05, 0.1) is 33.0 Å². The van der Waals surface area contributed by atoms with Gasteiger partial charge in [-0.2, -0.15) is 0 Å². The zero-order valence-electron chi connectivity index (χ0n) is 27.5. The number of esters is 1. The molecule has 0 saturated carbocycles. The molecule has 0 unspecified atom stereocenters. The van der Waals surface area contributed by atoms with Gasteiger partial charge in [-0.3, -0.25) is 4.79 Å². The van der Waals surface area contributed by atoms with Gasteiger partial charge >= 0.3 is 18.0 Å². The van der Waals surface area contributed by atoms with Crippen molar-refractivity contribution in [2.24, 2.45) is 0 Å². The predicted molar refractivity (Wildman–Crippen MR) is 184 cm³/mol. The smallest absolute Gasteiger partial charge is 0.407 e. The second kappa shape index (κ2) is 17.9. The molecule has 0 spiro atoms. The van der Waals surface area contributed by atoms with Crippen LogP contribution in [0.3, 0.4) is 0 Å². The van der Waals surface area contributed by atoms with Crippen LogP contribution in [0.2, 0.25) is 0 Å². The first-order valence-electron chi connectivity index (χ1n) is 16.3. The molecule has 256 valence electrons. The van der Waals surface area contributed by atoms with Crippen LogP contribution in [0.4, 0.5) is 4.79 Å². The molecule has 10 heteroatoms. The van der Waals surface area contributed by atoms with E-state index in [2.05, 4.69) is 53.8 Å². The summed E-state index contributed by atoms with van der Waals surface area (Å²) in [5.41, 5.74) is 9.74. The van der Waals surface area contributed by atoms with Crippen molar-refractivity contribution in [2.75, 3.05) is 59.4 Å². The summed E-state index contributed by atoms with van der Waals surface area (Å²) in [7, 11) is 0. The van der Waals surface area contributed by atoms with E-state index in [1.165, 1.54) is 51.4 Å². The average molecular weight is 668 g/mol. The minimum Gasteiger partial charge on any atom is -0.480 e. The van der Waals surface area contributed by atoms with Gasteiger partial charge in [0.15, 0.2) is 0 Å². The normalized spacial score (nSPS) is 12.5. The minimum absolute atomic E-state index is 0.0334. The van der Waals surface area contributed by atoms with Crippen LogP contribution in [-0.2, 0) is 33.3 Å². The van der Waals surface area contributed by atoms with E-state index in [0.717, 1.165) is 0 Å². The number of alkyl carbamates (subject to hydrolysis) is 1. The van der Waals surface area contributed by atoms with Crippen LogP contribution in [0, 0.1) is 0 Å². The van der Waals surface area contributed by atoms with Crippen molar-refractivity contribution in [1.29, 1.82) is 0 Å². The lowest BCUT2D eigenvalue weighted by Crippen LogP contribution is -2.29. The highest BCUT2D eigenvalue weighted by Crippen LogP contribution is 2.45. The number of carboxylic acids is 1. The van der Waals surface area contributed by atoms with Crippen LogP contribution in [0.1, 0.15) is 41.0 Å². The van der Waals surface area contributed by atoms with Crippen molar-refractivity contribution in [1.82, 2.24) is 5.32 Å².